The molecule has 8 nitrogen and oxygen atoms in total. The number of aromatic nitrogens is 3. The Labute approximate surface area is 148 Å². The molecule has 1 N–H and O–H groups in total. The average molecular weight is 354 g/mol. The van der Waals surface area contributed by atoms with Gasteiger partial charge in [-0.05, 0) is 31.2 Å². The van der Waals surface area contributed by atoms with Crippen molar-refractivity contribution in [3.05, 3.63) is 62.8 Å². The predicted octanol–water partition coefficient (Wildman–Crippen LogP) is 1.39. The van der Waals surface area contributed by atoms with E-state index in [0.717, 1.165) is 0 Å². The fourth-order valence-electron chi connectivity index (χ4n) is 2.73. The summed E-state index contributed by atoms with van der Waals surface area (Å²) in [5.74, 6) is 0.185. The number of nitrogens with zero attached hydrogens (tertiary/aromatic N) is 3. The second-order valence-corrected chi connectivity index (χ2v) is 5.66. The van der Waals surface area contributed by atoms with E-state index < -0.39 is 11.1 Å². The molecule has 1 amide bonds. The molecule has 3 aromatic rings. The van der Waals surface area contributed by atoms with Gasteiger partial charge < -0.3 is 19.2 Å². The summed E-state index contributed by atoms with van der Waals surface area (Å²) in [5.41, 5.74) is 0.666. The molecule has 0 saturated carbocycles. The maximum atomic E-state index is 12.8. The van der Waals surface area contributed by atoms with Gasteiger partial charge in [-0.2, -0.15) is 0 Å². The number of rotatable bonds is 4. The van der Waals surface area contributed by atoms with Crippen LogP contribution in [0.2, 0.25) is 0 Å². The van der Waals surface area contributed by atoms with Gasteiger partial charge >= 0.3 is 11.1 Å². The molecule has 26 heavy (non-hydrogen) atoms. The van der Waals surface area contributed by atoms with Crippen LogP contribution in [-0.2, 0) is 6.54 Å². The van der Waals surface area contributed by atoms with Gasteiger partial charge in [-0.15, -0.1) is 0 Å². The molecule has 0 aliphatic carbocycles. The molecule has 134 valence electrons. The van der Waals surface area contributed by atoms with Gasteiger partial charge in [0.1, 0.15) is 0 Å². The van der Waals surface area contributed by atoms with Crippen molar-refractivity contribution < 1.29 is 9.53 Å². The Hall–Kier alpha value is -3.42. The monoisotopic (exact) mass is 354 g/mol. The van der Waals surface area contributed by atoms with Crippen LogP contribution in [0.5, 0.6) is 5.88 Å². The number of nitrogens with one attached hydrogen (secondary N) is 1. The number of benzene rings is 1. The zero-order chi connectivity index (χ0) is 18.8. The minimum absolute atomic E-state index is 0.269. The van der Waals surface area contributed by atoms with Crippen LogP contribution in [0.25, 0.3) is 11.0 Å². The molecular weight excluding hydrogens is 336 g/mol. The van der Waals surface area contributed by atoms with Crippen molar-refractivity contribution in [2.75, 3.05) is 19.1 Å². The molecule has 8 heteroatoms. The Morgan fingerprint density at radius 1 is 1.27 bits per heavy atom. The predicted molar refractivity (Wildman–Crippen MR) is 98.0 cm³/mol. The SMILES string of the molecule is CCn1c(=O)c(=O)[nH]c2cc(C(=O)N(C)c3ccc(OC)nc3)ccc21. The third kappa shape index (κ3) is 2.97. The normalized spacial score (nSPS) is 10.7. The van der Waals surface area contributed by atoms with Crippen molar-refractivity contribution in [2.45, 2.75) is 13.5 Å². The molecule has 0 unspecified atom stereocenters. The van der Waals surface area contributed by atoms with E-state index in [4.69, 9.17) is 4.74 Å². The van der Waals surface area contributed by atoms with Crippen LogP contribution in [0.3, 0.4) is 0 Å². The van der Waals surface area contributed by atoms with E-state index in [1.165, 1.54) is 22.8 Å². The molecule has 2 heterocycles. The number of anilines is 1. The second kappa shape index (κ2) is 6.83. The smallest absolute Gasteiger partial charge is 0.316 e. The number of methoxy groups -OCH3 is 1. The molecule has 0 atom stereocenters. The van der Waals surface area contributed by atoms with Gasteiger partial charge in [-0.1, -0.05) is 0 Å². The zero-order valence-corrected chi connectivity index (χ0v) is 14.6. The standard InChI is InChI=1S/C18H18N4O4/c1-4-22-14-7-5-11(9-13(14)20-16(23)18(22)25)17(24)21(2)12-6-8-15(26-3)19-10-12/h5-10H,4H2,1-3H3,(H,20,23). The second-order valence-electron chi connectivity index (χ2n) is 5.66. The molecule has 3 rings (SSSR count). The summed E-state index contributed by atoms with van der Waals surface area (Å²) >= 11 is 0. The van der Waals surface area contributed by atoms with Crippen LogP contribution in [-0.4, -0.2) is 34.6 Å². The third-order valence-electron chi connectivity index (χ3n) is 4.16. The van der Waals surface area contributed by atoms with Crippen molar-refractivity contribution in [3.63, 3.8) is 0 Å². The minimum Gasteiger partial charge on any atom is -0.481 e. The summed E-state index contributed by atoms with van der Waals surface area (Å²) in [7, 11) is 3.15. The highest BCUT2D eigenvalue weighted by atomic mass is 16.5. The number of fused-ring (bicyclic) bond motifs is 1. The largest absolute Gasteiger partial charge is 0.481 e. The lowest BCUT2D eigenvalue weighted by Crippen LogP contribution is -2.36. The highest BCUT2D eigenvalue weighted by Crippen LogP contribution is 2.19. The highest BCUT2D eigenvalue weighted by molar-refractivity contribution is 6.07. The number of carbonyl (C=O) groups excluding carboxylic acids is 1. The number of carbonyl (C=O) groups is 1. The number of ether oxygens (including phenoxy) is 1. The number of hydrogen-bond donors (Lipinski definition) is 1. The Bertz CT molecular complexity index is 1080. The molecule has 0 saturated heterocycles. The molecule has 0 radical (unpaired) electrons. The summed E-state index contributed by atoms with van der Waals surface area (Å²) in [6, 6.07) is 8.24. The van der Waals surface area contributed by atoms with Crippen LogP contribution in [0.4, 0.5) is 5.69 Å². The molecule has 0 fully saturated rings. The van der Waals surface area contributed by atoms with Crippen LogP contribution >= 0.6 is 0 Å². The van der Waals surface area contributed by atoms with Crippen LogP contribution in [0.15, 0.2) is 46.1 Å². The van der Waals surface area contributed by atoms with Crippen molar-refractivity contribution >= 4 is 22.6 Å². The van der Waals surface area contributed by atoms with E-state index in [-0.39, 0.29) is 5.91 Å². The molecule has 0 bridgehead atoms. The quantitative estimate of drug-likeness (QED) is 0.714. The summed E-state index contributed by atoms with van der Waals surface area (Å²) < 4.78 is 6.38. The first-order chi connectivity index (χ1) is 12.5. The Morgan fingerprint density at radius 3 is 2.65 bits per heavy atom. The van der Waals surface area contributed by atoms with Gasteiger partial charge in [-0.3, -0.25) is 14.4 Å². The van der Waals surface area contributed by atoms with E-state index in [1.807, 2.05) is 0 Å². The number of aryl methyl sites for hydroxylation is 1. The minimum atomic E-state index is -0.711. The molecule has 0 spiro atoms. The Balaban J connectivity index is 2.01. The molecule has 2 aromatic heterocycles. The zero-order valence-electron chi connectivity index (χ0n) is 14.6. The van der Waals surface area contributed by atoms with Gasteiger partial charge in [0.15, 0.2) is 0 Å². The van der Waals surface area contributed by atoms with Crippen LogP contribution < -0.4 is 20.8 Å². The van der Waals surface area contributed by atoms with Crippen molar-refractivity contribution in [1.29, 1.82) is 0 Å². The van der Waals surface area contributed by atoms with E-state index >= 15 is 0 Å². The fraction of sp³-hybridized carbons (Fsp3) is 0.222. The van der Waals surface area contributed by atoms with E-state index in [1.54, 1.807) is 44.3 Å². The average Bonchev–Trinajstić information content (AvgIpc) is 2.67. The number of hydrogen-bond acceptors (Lipinski definition) is 5. The molecule has 1 aromatic carbocycles. The van der Waals surface area contributed by atoms with Gasteiger partial charge in [0.2, 0.25) is 5.88 Å². The highest BCUT2D eigenvalue weighted by Gasteiger charge is 2.16. The Morgan fingerprint density at radius 2 is 2.04 bits per heavy atom. The van der Waals surface area contributed by atoms with Gasteiger partial charge in [0, 0.05) is 25.2 Å². The van der Waals surface area contributed by atoms with Crippen LogP contribution in [0, 0.1) is 0 Å². The first-order valence-electron chi connectivity index (χ1n) is 8.01. The van der Waals surface area contributed by atoms with Gasteiger partial charge in [-0.25, -0.2) is 4.98 Å². The van der Waals surface area contributed by atoms with Crippen LogP contribution in [0.1, 0.15) is 17.3 Å². The summed E-state index contributed by atoms with van der Waals surface area (Å²) in [6.07, 6.45) is 1.54. The summed E-state index contributed by atoms with van der Waals surface area (Å²) in [4.78, 5) is 44.5. The maximum absolute atomic E-state index is 12.8. The first-order valence-corrected chi connectivity index (χ1v) is 8.01. The Kier molecular flexibility index (Phi) is 4.57. The van der Waals surface area contributed by atoms with Crippen molar-refractivity contribution in [1.82, 2.24) is 14.5 Å². The van der Waals surface area contributed by atoms with E-state index in [9.17, 15) is 14.4 Å². The molecule has 0 aliphatic rings. The van der Waals surface area contributed by atoms with Gasteiger partial charge in [0.25, 0.3) is 5.91 Å². The topological polar surface area (TPSA) is 97.3 Å². The van der Waals surface area contributed by atoms with E-state index in [2.05, 4.69) is 9.97 Å². The number of aromatic amines is 1. The van der Waals surface area contributed by atoms with E-state index in [0.29, 0.717) is 34.7 Å². The number of amides is 1. The van der Waals surface area contributed by atoms with Crippen molar-refractivity contribution in [3.8, 4) is 5.88 Å². The lowest BCUT2D eigenvalue weighted by Gasteiger charge is -2.17. The maximum Gasteiger partial charge on any atom is 0.316 e. The molecule has 0 aliphatic heterocycles. The summed E-state index contributed by atoms with van der Waals surface area (Å²) in [5, 5.41) is 0. The fourth-order valence-corrected chi connectivity index (χ4v) is 2.73. The van der Waals surface area contributed by atoms with Gasteiger partial charge in [0.05, 0.1) is 30.0 Å². The summed E-state index contributed by atoms with van der Waals surface area (Å²) in [6.45, 7) is 2.15. The first kappa shape index (κ1) is 17.4. The number of H-pyrrole nitrogens is 1. The lowest BCUT2D eigenvalue weighted by molar-refractivity contribution is 0.0993. The lowest BCUT2D eigenvalue weighted by atomic mass is 10.1. The van der Waals surface area contributed by atoms with Crippen molar-refractivity contribution in [2.24, 2.45) is 0 Å². The third-order valence-corrected chi connectivity index (χ3v) is 4.16. The molecular formula is C18H18N4O4. The number of pyridine rings is 1.